The Morgan fingerprint density at radius 1 is 1.17 bits per heavy atom. The normalized spacial score (nSPS) is 17.9. The minimum absolute atomic E-state index is 0.159. The molecule has 7 nitrogen and oxygen atoms in total. The molecule has 0 spiro atoms. The minimum Gasteiger partial charge on any atom is -0.496 e. The van der Waals surface area contributed by atoms with Crippen molar-refractivity contribution < 1.29 is 41.3 Å². The minimum atomic E-state index is -4.76. The molecule has 4 rings (SSSR count). The summed E-state index contributed by atoms with van der Waals surface area (Å²) in [5.74, 6) is -2.39. The van der Waals surface area contributed by atoms with E-state index in [0.717, 1.165) is 16.7 Å². The summed E-state index contributed by atoms with van der Waals surface area (Å²) in [6.45, 7) is 1.64. The molecule has 1 aliphatic rings. The molecular formula is C22H17ClF5N3O4. The van der Waals surface area contributed by atoms with Gasteiger partial charge < -0.3 is 14.6 Å². The number of carboxylic acids is 1. The van der Waals surface area contributed by atoms with Crippen molar-refractivity contribution in [2.75, 3.05) is 7.11 Å². The number of rotatable bonds is 5. The number of nitrogens with zero attached hydrogens (tertiary/aromatic N) is 3. The van der Waals surface area contributed by atoms with Crippen molar-refractivity contribution in [3.8, 4) is 11.4 Å². The number of ether oxygens (including phenoxy) is 2. The Morgan fingerprint density at radius 2 is 1.89 bits per heavy atom. The number of fused-ring (bicyclic) bond motifs is 3. The summed E-state index contributed by atoms with van der Waals surface area (Å²) in [4.78, 5) is 11.6. The SMILES string of the molecule is COc1cccc([C@@H]2O[C@@H](CC(=O)O)c3nnc(C(F)(F)Cl)n3-c3ccc(C(F)(F)F)cc32)c1C. The van der Waals surface area contributed by atoms with Gasteiger partial charge in [0.15, 0.2) is 5.82 Å². The number of halogens is 6. The number of aliphatic carboxylic acids is 1. The van der Waals surface area contributed by atoms with Crippen LogP contribution in [0.15, 0.2) is 36.4 Å². The van der Waals surface area contributed by atoms with Crippen LogP contribution in [-0.2, 0) is 21.1 Å². The van der Waals surface area contributed by atoms with Gasteiger partial charge in [-0.15, -0.1) is 10.2 Å². The predicted molar refractivity (Wildman–Crippen MR) is 112 cm³/mol. The van der Waals surface area contributed by atoms with Gasteiger partial charge in [-0.1, -0.05) is 12.1 Å². The fourth-order valence-electron chi connectivity index (χ4n) is 4.04. The Kier molecular flexibility index (Phi) is 6.22. The molecule has 0 bridgehead atoms. The Balaban J connectivity index is 2.07. The highest BCUT2D eigenvalue weighted by atomic mass is 35.5. The molecular weight excluding hydrogens is 501 g/mol. The molecule has 0 saturated carbocycles. The Morgan fingerprint density at radius 3 is 2.49 bits per heavy atom. The zero-order valence-electron chi connectivity index (χ0n) is 18.1. The smallest absolute Gasteiger partial charge is 0.416 e. The van der Waals surface area contributed by atoms with Crippen molar-refractivity contribution in [3.05, 3.63) is 70.3 Å². The van der Waals surface area contributed by atoms with Crippen LogP contribution in [0.2, 0.25) is 0 Å². The van der Waals surface area contributed by atoms with Crippen LogP contribution in [0.25, 0.3) is 5.69 Å². The van der Waals surface area contributed by atoms with E-state index in [1.165, 1.54) is 7.11 Å². The standard InChI is InChI=1S/C22H17ClF5N3O4/c1-10-12(4-3-5-15(10)34-2)18-13-8-11(22(26,27)28)6-7-14(13)31-19(16(35-18)9-17(32)33)29-30-20(31)21(23,24)25/h3-8,16,18H,9H2,1-2H3,(H,32,33)/t16-,18-/m0/s1. The average molecular weight is 518 g/mol. The quantitative estimate of drug-likeness (QED) is 0.354. The van der Waals surface area contributed by atoms with Crippen LogP contribution in [0.3, 0.4) is 0 Å². The Labute approximate surface area is 200 Å². The van der Waals surface area contributed by atoms with E-state index in [1.807, 2.05) is 0 Å². The molecule has 0 unspecified atom stereocenters. The largest absolute Gasteiger partial charge is 0.496 e. The van der Waals surface area contributed by atoms with Crippen LogP contribution < -0.4 is 4.74 Å². The maximum absolute atomic E-state index is 14.2. The van der Waals surface area contributed by atoms with Gasteiger partial charge in [0.05, 0.1) is 24.8 Å². The van der Waals surface area contributed by atoms with Gasteiger partial charge in [0, 0.05) is 5.56 Å². The van der Waals surface area contributed by atoms with Crippen LogP contribution in [0.4, 0.5) is 22.0 Å². The van der Waals surface area contributed by atoms with E-state index in [1.54, 1.807) is 25.1 Å². The molecule has 0 amide bonds. The highest BCUT2D eigenvalue weighted by Gasteiger charge is 2.43. The second-order valence-electron chi connectivity index (χ2n) is 7.76. The summed E-state index contributed by atoms with van der Waals surface area (Å²) in [6, 6.07) is 7.22. The number of hydrogen-bond acceptors (Lipinski definition) is 5. The molecule has 13 heteroatoms. The monoisotopic (exact) mass is 517 g/mol. The third-order valence-electron chi connectivity index (χ3n) is 5.60. The second kappa shape index (κ2) is 8.76. The Bertz CT molecular complexity index is 1290. The van der Waals surface area contributed by atoms with Crippen molar-refractivity contribution >= 4 is 17.6 Å². The first-order chi connectivity index (χ1) is 16.3. The summed E-state index contributed by atoms with van der Waals surface area (Å²) in [5.41, 5.74) is -0.534. The van der Waals surface area contributed by atoms with Crippen molar-refractivity contribution in [2.24, 2.45) is 0 Å². The van der Waals surface area contributed by atoms with Crippen molar-refractivity contribution in [1.29, 1.82) is 0 Å². The molecule has 2 atom stereocenters. The lowest BCUT2D eigenvalue weighted by atomic mass is 9.94. The summed E-state index contributed by atoms with van der Waals surface area (Å²) in [7, 11) is 1.40. The van der Waals surface area contributed by atoms with E-state index in [4.69, 9.17) is 21.1 Å². The van der Waals surface area contributed by atoms with Gasteiger partial charge in [0.2, 0.25) is 5.82 Å². The van der Waals surface area contributed by atoms with Gasteiger partial charge in [0.25, 0.3) is 0 Å². The molecule has 0 aliphatic carbocycles. The molecule has 35 heavy (non-hydrogen) atoms. The molecule has 0 radical (unpaired) electrons. The molecule has 1 aromatic heterocycles. The number of carboxylic acid groups (broad SMARTS) is 1. The van der Waals surface area contributed by atoms with Crippen LogP contribution >= 0.6 is 11.6 Å². The maximum atomic E-state index is 14.2. The van der Waals surface area contributed by atoms with E-state index in [0.29, 0.717) is 22.9 Å². The van der Waals surface area contributed by atoms with Crippen molar-refractivity contribution in [1.82, 2.24) is 14.8 Å². The number of carbonyl (C=O) groups is 1. The van der Waals surface area contributed by atoms with E-state index >= 15 is 0 Å². The second-order valence-corrected chi connectivity index (χ2v) is 8.24. The van der Waals surface area contributed by atoms with Crippen LogP contribution in [0.1, 0.15) is 52.5 Å². The molecule has 1 aliphatic heterocycles. The van der Waals surface area contributed by atoms with Crippen LogP contribution in [0.5, 0.6) is 5.75 Å². The molecule has 0 saturated heterocycles. The third kappa shape index (κ3) is 4.55. The van der Waals surface area contributed by atoms with Crippen molar-refractivity contribution in [2.45, 2.75) is 37.1 Å². The zero-order valence-corrected chi connectivity index (χ0v) is 18.9. The van der Waals surface area contributed by atoms with E-state index in [9.17, 15) is 31.9 Å². The van der Waals surface area contributed by atoms with Gasteiger partial charge >= 0.3 is 17.5 Å². The lowest BCUT2D eigenvalue weighted by Gasteiger charge is -2.25. The van der Waals surface area contributed by atoms with Crippen LogP contribution in [0, 0.1) is 6.92 Å². The molecule has 2 aromatic carbocycles. The van der Waals surface area contributed by atoms with E-state index in [-0.39, 0.29) is 17.1 Å². The highest BCUT2D eigenvalue weighted by molar-refractivity contribution is 6.21. The summed E-state index contributed by atoms with van der Waals surface area (Å²) in [5, 5.41) is 12.4. The van der Waals surface area contributed by atoms with Gasteiger partial charge in [-0.3, -0.25) is 9.36 Å². The molecule has 2 heterocycles. The number of methoxy groups -OCH3 is 1. The average Bonchev–Trinajstić information content (AvgIpc) is 3.17. The number of benzene rings is 2. The summed E-state index contributed by atoms with van der Waals surface area (Å²) < 4.78 is 81.4. The van der Waals surface area contributed by atoms with Gasteiger partial charge in [-0.05, 0) is 53.9 Å². The fourth-order valence-corrected chi connectivity index (χ4v) is 4.17. The highest BCUT2D eigenvalue weighted by Crippen LogP contribution is 2.46. The van der Waals surface area contributed by atoms with Gasteiger partial charge in [-0.25, -0.2) is 0 Å². The van der Waals surface area contributed by atoms with E-state index in [2.05, 4.69) is 10.2 Å². The first kappa shape index (κ1) is 24.9. The lowest BCUT2D eigenvalue weighted by Crippen LogP contribution is -2.17. The van der Waals surface area contributed by atoms with Gasteiger partial charge in [-0.2, -0.15) is 22.0 Å². The molecule has 0 fully saturated rings. The molecule has 3 aromatic rings. The number of aromatic nitrogens is 3. The van der Waals surface area contributed by atoms with Crippen LogP contribution in [-0.4, -0.2) is 33.0 Å². The van der Waals surface area contributed by atoms with E-state index < -0.39 is 47.5 Å². The predicted octanol–water partition coefficient (Wildman–Crippen LogP) is 5.53. The lowest BCUT2D eigenvalue weighted by molar-refractivity contribution is -0.141. The summed E-state index contributed by atoms with van der Waals surface area (Å²) in [6.07, 6.45) is -8.24. The van der Waals surface area contributed by atoms with Gasteiger partial charge in [0.1, 0.15) is 18.0 Å². The third-order valence-corrected chi connectivity index (χ3v) is 5.77. The maximum Gasteiger partial charge on any atom is 0.416 e. The molecule has 186 valence electrons. The Hall–Kier alpha value is -3.25. The number of hydrogen-bond donors (Lipinski definition) is 1. The summed E-state index contributed by atoms with van der Waals surface area (Å²) >= 11 is 5.22. The first-order valence-corrected chi connectivity index (χ1v) is 10.5. The first-order valence-electron chi connectivity index (χ1n) is 10.1. The zero-order chi connectivity index (χ0) is 25.7. The van der Waals surface area contributed by atoms with Crippen molar-refractivity contribution in [3.63, 3.8) is 0 Å². The molecule has 1 N–H and O–H groups in total. The number of alkyl halides is 6. The fraction of sp³-hybridized carbons (Fsp3) is 0.318. The topological polar surface area (TPSA) is 86.5 Å².